The van der Waals surface area contributed by atoms with Gasteiger partial charge in [-0.15, -0.1) is 0 Å². The second-order valence-electron chi connectivity index (χ2n) is 10.2. The van der Waals surface area contributed by atoms with Gasteiger partial charge in [0.15, 0.2) is 0 Å². The fourth-order valence-corrected chi connectivity index (χ4v) is 5.68. The number of benzene rings is 1. The number of carbonyl (C=O) groups is 1. The van der Waals surface area contributed by atoms with E-state index >= 15 is 0 Å². The van der Waals surface area contributed by atoms with Crippen LogP contribution in [0.15, 0.2) is 24.3 Å². The zero-order valence-electron chi connectivity index (χ0n) is 16.2. The van der Waals surface area contributed by atoms with Crippen LogP contribution in [0.3, 0.4) is 0 Å². The summed E-state index contributed by atoms with van der Waals surface area (Å²) in [5.41, 5.74) is 3.56. The number of hydrogen-bond donors (Lipinski definition) is 1. The number of hydrogen-bond acceptors (Lipinski definition) is 3. The molecule has 140 valence electrons. The summed E-state index contributed by atoms with van der Waals surface area (Å²) < 4.78 is 5.47. The van der Waals surface area contributed by atoms with Crippen LogP contribution in [0.5, 0.6) is 0 Å². The first-order chi connectivity index (χ1) is 12.3. The second kappa shape index (κ2) is 5.25. The van der Waals surface area contributed by atoms with Gasteiger partial charge in [-0.1, -0.05) is 24.3 Å². The van der Waals surface area contributed by atoms with Crippen LogP contribution in [0.4, 0.5) is 4.79 Å². The Morgan fingerprint density at radius 2 is 1.92 bits per heavy atom. The Kier molecular flexibility index (Phi) is 3.35. The minimum absolute atomic E-state index is 0.150. The highest BCUT2D eigenvalue weighted by Gasteiger charge is 2.61. The van der Waals surface area contributed by atoms with Crippen molar-refractivity contribution in [2.75, 3.05) is 13.1 Å². The molecule has 1 aromatic carbocycles. The number of fused-ring (bicyclic) bond motifs is 2. The van der Waals surface area contributed by atoms with Crippen LogP contribution in [-0.4, -0.2) is 41.8 Å². The number of aryl methyl sites for hydroxylation is 1. The predicted octanol–water partition coefficient (Wildman–Crippen LogP) is 3.63. The number of nitrogens with one attached hydrogen (secondary N) is 1. The van der Waals surface area contributed by atoms with E-state index in [4.69, 9.17) is 4.74 Å². The maximum absolute atomic E-state index is 12.1. The smallest absolute Gasteiger partial charge is 0.410 e. The normalized spacial score (nSPS) is 31.5. The Morgan fingerprint density at radius 3 is 2.65 bits per heavy atom. The molecule has 1 N–H and O–H groups in total. The molecule has 1 amide bonds. The van der Waals surface area contributed by atoms with Gasteiger partial charge in [-0.05, 0) is 64.0 Å². The summed E-state index contributed by atoms with van der Waals surface area (Å²) in [5, 5.41) is 3.93. The molecule has 2 spiro atoms. The largest absolute Gasteiger partial charge is 0.444 e. The van der Waals surface area contributed by atoms with E-state index in [9.17, 15) is 4.79 Å². The van der Waals surface area contributed by atoms with Gasteiger partial charge in [0.2, 0.25) is 0 Å². The monoisotopic (exact) mass is 354 g/mol. The summed E-state index contributed by atoms with van der Waals surface area (Å²) in [5.74, 6) is 0. The molecule has 2 atom stereocenters. The highest BCUT2D eigenvalue weighted by Crippen LogP contribution is 2.58. The third kappa shape index (κ3) is 2.57. The maximum atomic E-state index is 12.1. The molecule has 1 saturated heterocycles. The first-order valence-corrected chi connectivity index (χ1v) is 10.1. The van der Waals surface area contributed by atoms with E-state index in [1.807, 2.05) is 25.7 Å². The van der Waals surface area contributed by atoms with Crippen molar-refractivity contribution in [3.8, 4) is 0 Å². The molecule has 0 radical (unpaired) electrons. The summed E-state index contributed by atoms with van der Waals surface area (Å²) >= 11 is 0. The Hall–Kier alpha value is -1.55. The molecular formula is C22H30N2O2. The van der Waals surface area contributed by atoms with Crippen molar-refractivity contribution in [1.82, 2.24) is 10.2 Å². The van der Waals surface area contributed by atoms with Gasteiger partial charge in [0, 0.05) is 36.0 Å². The number of ether oxygens (including phenoxy) is 1. The molecule has 4 heteroatoms. The maximum Gasteiger partial charge on any atom is 0.410 e. The van der Waals surface area contributed by atoms with Gasteiger partial charge in [-0.25, -0.2) is 4.79 Å². The number of carbonyl (C=O) groups excluding carboxylic acids is 1. The molecule has 26 heavy (non-hydrogen) atoms. The highest BCUT2D eigenvalue weighted by molar-refractivity contribution is 5.69. The third-order valence-electron chi connectivity index (χ3n) is 6.97. The highest BCUT2D eigenvalue weighted by atomic mass is 16.6. The quantitative estimate of drug-likeness (QED) is 0.882. The van der Waals surface area contributed by atoms with Gasteiger partial charge in [0.05, 0.1) is 0 Å². The Bertz CT molecular complexity index is 739. The molecule has 1 aliphatic heterocycles. The molecule has 0 aromatic heterocycles. The summed E-state index contributed by atoms with van der Waals surface area (Å²) in [6, 6.07) is 10.3. The van der Waals surface area contributed by atoms with Gasteiger partial charge in [0.1, 0.15) is 5.60 Å². The van der Waals surface area contributed by atoms with Crippen LogP contribution in [-0.2, 0) is 16.6 Å². The topological polar surface area (TPSA) is 41.6 Å². The molecule has 3 fully saturated rings. The predicted molar refractivity (Wildman–Crippen MR) is 101 cm³/mol. The summed E-state index contributed by atoms with van der Waals surface area (Å²) in [6.45, 7) is 7.53. The van der Waals surface area contributed by atoms with Gasteiger partial charge in [0.25, 0.3) is 0 Å². The second-order valence-corrected chi connectivity index (χ2v) is 10.2. The van der Waals surface area contributed by atoms with Gasteiger partial charge >= 0.3 is 6.09 Å². The van der Waals surface area contributed by atoms with Gasteiger partial charge in [-0.2, -0.15) is 0 Å². The molecule has 0 bridgehead atoms. The average Bonchev–Trinajstić information content (AvgIpc) is 3.05. The minimum atomic E-state index is -0.401. The molecular weight excluding hydrogens is 324 g/mol. The standard InChI is InChI=1S/C22H30N2O2/c1-20(2,3)26-19(25)24-13-21(14-24)10-16(11-21)23-18-12-22(18)9-8-15-6-4-5-7-17(15)22/h4-7,16,18,23H,8-14H2,1-3H3. The molecule has 4 aliphatic rings. The zero-order valence-corrected chi connectivity index (χ0v) is 16.2. The first-order valence-electron chi connectivity index (χ1n) is 10.1. The Balaban J connectivity index is 1.11. The Labute approximate surface area is 156 Å². The third-order valence-corrected chi connectivity index (χ3v) is 6.97. The molecule has 2 saturated carbocycles. The fourth-order valence-electron chi connectivity index (χ4n) is 5.68. The summed E-state index contributed by atoms with van der Waals surface area (Å²) in [6.07, 6.45) is 6.13. The lowest BCUT2D eigenvalue weighted by atomic mass is 9.60. The SMILES string of the molecule is CC(C)(C)OC(=O)N1CC2(CC(NC3CC34CCc3ccccc34)C2)C1. The van der Waals surface area contributed by atoms with Crippen molar-refractivity contribution < 1.29 is 9.53 Å². The van der Waals surface area contributed by atoms with E-state index in [0.29, 0.717) is 22.9 Å². The fraction of sp³-hybridized carbons (Fsp3) is 0.682. The van der Waals surface area contributed by atoms with E-state index in [0.717, 1.165) is 13.1 Å². The van der Waals surface area contributed by atoms with Crippen molar-refractivity contribution in [1.29, 1.82) is 0 Å². The van der Waals surface area contributed by atoms with E-state index in [2.05, 4.69) is 29.6 Å². The summed E-state index contributed by atoms with van der Waals surface area (Å²) in [7, 11) is 0. The van der Waals surface area contributed by atoms with Crippen molar-refractivity contribution in [2.24, 2.45) is 5.41 Å². The molecule has 1 aromatic rings. The lowest BCUT2D eigenvalue weighted by Gasteiger charge is -2.59. The molecule has 3 aliphatic carbocycles. The van der Waals surface area contributed by atoms with Crippen LogP contribution in [0.2, 0.25) is 0 Å². The van der Waals surface area contributed by atoms with Crippen LogP contribution in [0, 0.1) is 5.41 Å². The van der Waals surface area contributed by atoms with Crippen LogP contribution < -0.4 is 5.32 Å². The van der Waals surface area contributed by atoms with E-state index < -0.39 is 5.60 Å². The molecule has 1 heterocycles. The molecule has 4 nitrogen and oxygen atoms in total. The van der Waals surface area contributed by atoms with E-state index in [1.54, 1.807) is 11.1 Å². The van der Waals surface area contributed by atoms with Gasteiger partial charge in [-0.3, -0.25) is 0 Å². The molecule has 2 unspecified atom stereocenters. The lowest BCUT2D eigenvalue weighted by Crippen LogP contribution is -2.67. The van der Waals surface area contributed by atoms with Gasteiger partial charge < -0.3 is 15.0 Å². The number of rotatable bonds is 2. The van der Waals surface area contributed by atoms with Crippen molar-refractivity contribution in [3.63, 3.8) is 0 Å². The summed E-state index contributed by atoms with van der Waals surface area (Å²) in [4.78, 5) is 14.0. The zero-order chi connectivity index (χ0) is 18.2. The lowest BCUT2D eigenvalue weighted by molar-refractivity contribution is -0.0833. The van der Waals surface area contributed by atoms with Crippen LogP contribution in [0.1, 0.15) is 57.6 Å². The van der Waals surface area contributed by atoms with Crippen molar-refractivity contribution >= 4 is 6.09 Å². The van der Waals surface area contributed by atoms with Crippen molar-refractivity contribution in [2.45, 2.75) is 76.0 Å². The van der Waals surface area contributed by atoms with Crippen LogP contribution >= 0.6 is 0 Å². The van der Waals surface area contributed by atoms with Crippen molar-refractivity contribution in [3.05, 3.63) is 35.4 Å². The van der Waals surface area contributed by atoms with Crippen LogP contribution in [0.25, 0.3) is 0 Å². The van der Waals surface area contributed by atoms with E-state index in [-0.39, 0.29) is 6.09 Å². The minimum Gasteiger partial charge on any atom is -0.444 e. The average molecular weight is 354 g/mol. The van der Waals surface area contributed by atoms with E-state index in [1.165, 1.54) is 32.1 Å². The molecule has 5 rings (SSSR count). The number of likely N-dealkylation sites (tertiary alicyclic amines) is 1. The number of amides is 1. The number of nitrogens with zero attached hydrogens (tertiary/aromatic N) is 1. The Morgan fingerprint density at radius 1 is 1.19 bits per heavy atom. The first kappa shape index (κ1) is 16.6.